The molecule has 0 aliphatic rings. The van der Waals surface area contributed by atoms with Crippen LogP contribution in [-0.4, -0.2) is 10.2 Å². The maximum absolute atomic E-state index is 8.48. The van der Waals surface area contributed by atoms with Crippen molar-refractivity contribution in [2.45, 2.75) is 26.2 Å². The maximum atomic E-state index is 8.48. The van der Waals surface area contributed by atoms with Crippen LogP contribution in [-0.2, 0) is 0 Å². The van der Waals surface area contributed by atoms with Crippen molar-refractivity contribution < 1.29 is 10.2 Å². The van der Waals surface area contributed by atoms with Gasteiger partial charge in [0, 0.05) is 0 Å². The van der Waals surface area contributed by atoms with E-state index in [0.717, 1.165) is 19.3 Å². The first-order valence-corrected chi connectivity index (χ1v) is 4.03. The molecule has 0 aliphatic heterocycles. The highest BCUT2D eigenvalue weighted by Crippen LogP contribution is 2.16. The minimum atomic E-state index is -0.524. The summed E-state index contributed by atoms with van der Waals surface area (Å²) in [6, 6.07) is 0. The summed E-state index contributed by atoms with van der Waals surface area (Å²) < 4.78 is 0.648. The highest BCUT2D eigenvalue weighted by molar-refractivity contribution is 14.1. The Labute approximate surface area is 68.7 Å². The average Bonchev–Trinajstić information content (AvgIpc) is 1.82. The van der Waals surface area contributed by atoms with Crippen molar-refractivity contribution in [2.75, 3.05) is 0 Å². The second-order valence-electron chi connectivity index (χ2n) is 1.83. The molecule has 0 radical (unpaired) electrons. The third-order valence-corrected chi connectivity index (χ3v) is 2.01. The fourth-order valence-corrected chi connectivity index (χ4v) is 0.825. The summed E-state index contributed by atoms with van der Waals surface area (Å²) in [5, 5.41) is 17.0. The fourth-order valence-electron chi connectivity index (χ4n) is 0.444. The fraction of sp³-hybridized carbons (Fsp3) is 0.667. The van der Waals surface area contributed by atoms with Gasteiger partial charge in [0.25, 0.3) is 5.95 Å². The molecule has 0 aromatic carbocycles. The minimum absolute atomic E-state index is 0.524. The Morgan fingerprint density at radius 3 is 2.33 bits per heavy atom. The molecule has 0 saturated carbocycles. The predicted octanol–water partition coefficient (Wildman–Crippen LogP) is 2.90. The van der Waals surface area contributed by atoms with Crippen molar-refractivity contribution in [3.05, 3.63) is 9.53 Å². The summed E-state index contributed by atoms with van der Waals surface area (Å²) in [7, 11) is 0. The van der Waals surface area contributed by atoms with E-state index >= 15 is 0 Å². The van der Waals surface area contributed by atoms with Crippen LogP contribution >= 0.6 is 22.6 Å². The first-order valence-electron chi connectivity index (χ1n) is 2.95. The first kappa shape index (κ1) is 9.07. The first-order chi connectivity index (χ1) is 4.18. The van der Waals surface area contributed by atoms with Crippen LogP contribution in [0, 0.1) is 0 Å². The van der Waals surface area contributed by atoms with Gasteiger partial charge in [0.1, 0.15) is 0 Å². The van der Waals surface area contributed by atoms with Crippen molar-refractivity contribution in [3.8, 4) is 0 Å². The highest BCUT2D eigenvalue weighted by Gasteiger charge is 1.97. The molecule has 0 rings (SSSR count). The summed E-state index contributed by atoms with van der Waals surface area (Å²) in [6.45, 7) is 2.07. The standard InChI is InChI=1S/C6H11IO2/c1-2-3-4-5(7)6(8)9/h8-9H,2-4H2,1H3. The van der Waals surface area contributed by atoms with Crippen LogP contribution in [0.1, 0.15) is 26.2 Å². The van der Waals surface area contributed by atoms with Gasteiger partial charge in [-0.2, -0.15) is 0 Å². The Bertz CT molecular complexity index is 106. The monoisotopic (exact) mass is 242 g/mol. The molecule has 9 heavy (non-hydrogen) atoms. The molecule has 0 atom stereocenters. The molecule has 2 nitrogen and oxygen atoms in total. The highest BCUT2D eigenvalue weighted by atomic mass is 127. The molecular formula is C6H11IO2. The number of unbranched alkanes of at least 4 members (excludes halogenated alkanes) is 1. The summed E-state index contributed by atoms with van der Waals surface area (Å²) in [4.78, 5) is 0. The number of aliphatic hydroxyl groups excluding tert-OH is 1. The van der Waals surface area contributed by atoms with E-state index in [9.17, 15) is 0 Å². The van der Waals surface area contributed by atoms with Crippen LogP contribution in [0.3, 0.4) is 0 Å². The number of aliphatic hydroxyl groups is 2. The van der Waals surface area contributed by atoms with E-state index in [1.54, 1.807) is 0 Å². The summed E-state index contributed by atoms with van der Waals surface area (Å²) in [5.41, 5.74) is 0. The molecule has 0 aromatic rings. The topological polar surface area (TPSA) is 40.5 Å². The summed E-state index contributed by atoms with van der Waals surface area (Å²) in [6.07, 6.45) is 2.88. The zero-order valence-electron chi connectivity index (χ0n) is 5.39. The van der Waals surface area contributed by atoms with E-state index in [0.29, 0.717) is 3.58 Å². The molecule has 0 heterocycles. The van der Waals surface area contributed by atoms with Crippen molar-refractivity contribution in [1.29, 1.82) is 0 Å². The van der Waals surface area contributed by atoms with Gasteiger partial charge >= 0.3 is 0 Å². The van der Waals surface area contributed by atoms with Gasteiger partial charge in [-0.3, -0.25) is 0 Å². The van der Waals surface area contributed by atoms with Gasteiger partial charge < -0.3 is 10.2 Å². The Kier molecular flexibility index (Phi) is 4.94. The third-order valence-electron chi connectivity index (χ3n) is 0.992. The van der Waals surface area contributed by atoms with Gasteiger partial charge in [0.05, 0.1) is 3.58 Å². The molecule has 0 spiro atoms. The smallest absolute Gasteiger partial charge is 0.283 e. The second kappa shape index (κ2) is 4.90. The van der Waals surface area contributed by atoms with Crippen LogP contribution in [0.15, 0.2) is 9.53 Å². The zero-order chi connectivity index (χ0) is 7.28. The lowest BCUT2D eigenvalue weighted by Crippen LogP contribution is -1.82. The maximum Gasteiger partial charge on any atom is 0.283 e. The molecule has 54 valence electrons. The van der Waals surface area contributed by atoms with Gasteiger partial charge in [-0.05, 0) is 35.4 Å². The van der Waals surface area contributed by atoms with Crippen LogP contribution in [0.5, 0.6) is 0 Å². The Morgan fingerprint density at radius 1 is 1.44 bits per heavy atom. The SMILES string of the molecule is CCCCC(I)=C(O)O. The van der Waals surface area contributed by atoms with Gasteiger partial charge in [0.2, 0.25) is 0 Å². The van der Waals surface area contributed by atoms with E-state index in [4.69, 9.17) is 10.2 Å². The van der Waals surface area contributed by atoms with E-state index in [-0.39, 0.29) is 0 Å². The zero-order valence-corrected chi connectivity index (χ0v) is 7.55. The summed E-state index contributed by atoms with van der Waals surface area (Å²) in [5.74, 6) is -0.524. The Balaban J connectivity index is 3.50. The second-order valence-corrected chi connectivity index (χ2v) is 3.13. The number of hydrogen-bond donors (Lipinski definition) is 2. The van der Waals surface area contributed by atoms with Crippen LogP contribution < -0.4 is 0 Å². The lowest BCUT2D eigenvalue weighted by atomic mass is 10.2. The number of allylic oxidation sites excluding steroid dienone is 1. The van der Waals surface area contributed by atoms with Gasteiger partial charge in [-0.25, -0.2) is 0 Å². The number of halogens is 1. The van der Waals surface area contributed by atoms with Crippen molar-refractivity contribution in [3.63, 3.8) is 0 Å². The normalized spacial score (nSPS) is 9.11. The van der Waals surface area contributed by atoms with Gasteiger partial charge in [-0.1, -0.05) is 13.3 Å². The molecule has 0 aromatic heterocycles. The van der Waals surface area contributed by atoms with Crippen LogP contribution in [0.4, 0.5) is 0 Å². The molecule has 2 N–H and O–H groups in total. The van der Waals surface area contributed by atoms with E-state index in [1.165, 1.54) is 0 Å². The molecule has 0 amide bonds. The largest absolute Gasteiger partial charge is 0.481 e. The molecular weight excluding hydrogens is 231 g/mol. The van der Waals surface area contributed by atoms with Crippen molar-refractivity contribution in [2.24, 2.45) is 0 Å². The van der Waals surface area contributed by atoms with E-state index in [2.05, 4.69) is 6.92 Å². The molecule has 3 heteroatoms. The molecule has 0 bridgehead atoms. The molecule has 0 unspecified atom stereocenters. The van der Waals surface area contributed by atoms with Gasteiger partial charge in [0.15, 0.2) is 0 Å². The third kappa shape index (κ3) is 4.57. The van der Waals surface area contributed by atoms with Crippen LogP contribution in [0.2, 0.25) is 0 Å². The number of hydrogen-bond acceptors (Lipinski definition) is 2. The minimum Gasteiger partial charge on any atom is -0.481 e. The van der Waals surface area contributed by atoms with E-state index in [1.807, 2.05) is 22.6 Å². The van der Waals surface area contributed by atoms with Crippen LogP contribution in [0.25, 0.3) is 0 Å². The van der Waals surface area contributed by atoms with E-state index < -0.39 is 5.95 Å². The predicted molar refractivity (Wildman–Crippen MR) is 45.8 cm³/mol. The quantitative estimate of drug-likeness (QED) is 0.590. The Hall–Kier alpha value is 0.0700. The lowest BCUT2D eigenvalue weighted by molar-refractivity contribution is 0.188. The summed E-state index contributed by atoms with van der Waals surface area (Å²) >= 11 is 1.93. The molecule has 0 saturated heterocycles. The molecule has 0 aliphatic carbocycles. The van der Waals surface area contributed by atoms with Crippen molar-refractivity contribution in [1.82, 2.24) is 0 Å². The van der Waals surface area contributed by atoms with Crippen molar-refractivity contribution >= 4 is 22.6 Å². The molecule has 0 fully saturated rings. The lowest BCUT2D eigenvalue weighted by Gasteiger charge is -1.95. The number of rotatable bonds is 3. The Morgan fingerprint density at radius 2 is 2.00 bits per heavy atom. The van der Waals surface area contributed by atoms with Gasteiger partial charge in [-0.15, -0.1) is 0 Å². The average molecular weight is 242 g/mol.